The van der Waals surface area contributed by atoms with Gasteiger partial charge >= 0.3 is 0 Å². The van der Waals surface area contributed by atoms with Crippen LogP contribution in [0.25, 0.3) is 0 Å². The van der Waals surface area contributed by atoms with Gasteiger partial charge in [0.1, 0.15) is 5.82 Å². The number of hydrogen-bond donors (Lipinski definition) is 2. The molecule has 2 heterocycles. The zero-order chi connectivity index (χ0) is 13.8. The highest BCUT2D eigenvalue weighted by Gasteiger charge is 2.10. The van der Waals surface area contributed by atoms with Crippen molar-refractivity contribution in [3.05, 3.63) is 36.4 Å². The van der Waals surface area contributed by atoms with E-state index < -0.39 is 0 Å². The van der Waals surface area contributed by atoms with Crippen LogP contribution >= 0.6 is 0 Å². The van der Waals surface area contributed by atoms with Gasteiger partial charge in [0.2, 0.25) is 0 Å². The molecule has 104 valence electrons. The smallest absolute Gasteiger partial charge is 0.153 e. The fraction of sp³-hybridized carbons (Fsp3) is 0.286. The molecule has 2 aromatic rings. The van der Waals surface area contributed by atoms with Crippen LogP contribution in [0.4, 0.5) is 23.0 Å². The Labute approximate surface area is 117 Å². The van der Waals surface area contributed by atoms with Gasteiger partial charge in [-0.3, -0.25) is 0 Å². The minimum atomic E-state index is 0.415. The van der Waals surface area contributed by atoms with Gasteiger partial charge in [0.05, 0.1) is 13.2 Å². The number of hydrogen-bond acceptors (Lipinski definition) is 6. The van der Waals surface area contributed by atoms with E-state index in [9.17, 15) is 0 Å². The monoisotopic (exact) mass is 271 g/mol. The number of ether oxygens (including phenoxy) is 1. The summed E-state index contributed by atoms with van der Waals surface area (Å²) in [4.78, 5) is 2.32. The Kier molecular flexibility index (Phi) is 3.64. The fourth-order valence-electron chi connectivity index (χ4n) is 2.13. The highest BCUT2D eigenvalue weighted by molar-refractivity contribution is 5.61. The van der Waals surface area contributed by atoms with Gasteiger partial charge in [0.25, 0.3) is 0 Å². The Morgan fingerprint density at radius 2 is 1.75 bits per heavy atom. The Bertz CT molecular complexity index is 549. The maximum atomic E-state index is 5.51. The SMILES string of the molecule is Nc1ccc(Nc2ccc(N3CCOCC3)cc2)nn1. The van der Waals surface area contributed by atoms with E-state index in [1.54, 1.807) is 12.1 Å². The van der Waals surface area contributed by atoms with Gasteiger partial charge in [-0.25, -0.2) is 0 Å². The van der Waals surface area contributed by atoms with Crippen molar-refractivity contribution in [2.24, 2.45) is 0 Å². The fourth-order valence-corrected chi connectivity index (χ4v) is 2.13. The summed E-state index contributed by atoms with van der Waals surface area (Å²) in [5.74, 6) is 1.09. The number of benzene rings is 1. The number of nitrogens with two attached hydrogens (primary N) is 1. The van der Waals surface area contributed by atoms with E-state index in [0.29, 0.717) is 11.6 Å². The first kappa shape index (κ1) is 12.7. The van der Waals surface area contributed by atoms with Gasteiger partial charge in [-0.05, 0) is 36.4 Å². The third-order valence-corrected chi connectivity index (χ3v) is 3.20. The molecule has 20 heavy (non-hydrogen) atoms. The van der Waals surface area contributed by atoms with Crippen LogP contribution in [0.15, 0.2) is 36.4 Å². The summed E-state index contributed by atoms with van der Waals surface area (Å²) in [6.45, 7) is 3.47. The van der Waals surface area contributed by atoms with Crippen LogP contribution in [0.1, 0.15) is 0 Å². The Morgan fingerprint density at radius 3 is 2.40 bits per heavy atom. The third kappa shape index (κ3) is 2.97. The topological polar surface area (TPSA) is 76.3 Å². The summed E-state index contributed by atoms with van der Waals surface area (Å²) in [5.41, 5.74) is 7.69. The molecule has 0 amide bonds. The number of rotatable bonds is 3. The minimum Gasteiger partial charge on any atom is -0.382 e. The quantitative estimate of drug-likeness (QED) is 0.883. The second-order valence-electron chi connectivity index (χ2n) is 4.61. The summed E-state index contributed by atoms with van der Waals surface area (Å²) in [6.07, 6.45) is 0. The highest BCUT2D eigenvalue weighted by atomic mass is 16.5. The zero-order valence-corrected chi connectivity index (χ0v) is 11.1. The largest absolute Gasteiger partial charge is 0.382 e. The molecule has 0 bridgehead atoms. The molecule has 1 aromatic heterocycles. The van der Waals surface area contributed by atoms with E-state index >= 15 is 0 Å². The number of morpholine rings is 1. The lowest BCUT2D eigenvalue weighted by molar-refractivity contribution is 0.122. The second-order valence-corrected chi connectivity index (χ2v) is 4.61. The number of nitrogens with zero attached hydrogens (tertiary/aromatic N) is 3. The summed E-state index contributed by atoms with van der Waals surface area (Å²) in [7, 11) is 0. The van der Waals surface area contributed by atoms with E-state index in [-0.39, 0.29) is 0 Å². The highest BCUT2D eigenvalue weighted by Crippen LogP contribution is 2.21. The molecule has 6 heteroatoms. The van der Waals surface area contributed by atoms with E-state index in [4.69, 9.17) is 10.5 Å². The van der Waals surface area contributed by atoms with E-state index in [1.807, 2.05) is 12.1 Å². The Balaban J connectivity index is 1.67. The molecule has 0 saturated carbocycles. The molecule has 0 radical (unpaired) electrons. The van der Waals surface area contributed by atoms with Crippen LogP contribution < -0.4 is 16.0 Å². The first-order chi connectivity index (χ1) is 9.81. The molecule has 0 spiro atoms. The van der Waals surface area contributed by atoms with Crippen LogP contribution in [-0.4, -0.2) is 36.5 Å². The molecule has 1 aliphatic heterocycles. The molecule has 0 atom stereocenters. The zero-order valence-electron chi connectivity index (χ0n) is 11.1. The van der Waals surface area contributed by atoms with Gasteiger partial charge in [-0.2, -0.15) is 0 Å². The molecule has 1 fully saturated rings. The van der Waals surface area contributed by atoms with Crippen LogP contribution in [0, 0.1) is 0 Å². The van der Waals surface area contributed by atoms with Crippen LogP contribution in [0.5, 0.6) is 0 Å². The van der Waals surface area contributed by atoms with Crippen LogP contribution in [0.3, 0.4) is 0 Å². The molecule has 0 aliphatic carbocycles. The Hall–Kier alpha value is -2.34. The minimum absolute atomic E-state index is 0.415. The maximum absolute atomic E-state index is 5.51. The molecule has 1 saturated heterocycles. The summed E-state index contributed by atoms with van der Waals surface area (Å²) >= 11 is 0. The summed E-state index contributed by atoms with van der Waals surface area (Å²) in [6, 6.07) is 11.8. The standard InChI is InChI=1S/C14H17N5O/c15-13-5-6-14(18-17-13)16-11-1-3-12(4-2-11)19-7-9-20-10-8-19/h1-6H,7-10H2,(H2,15,17)(H,16,18). The molecule has 1 aliphatic rings. The molecule has 3 rings (SSSR count). The third-order valence-electron chi connectivity index (χ3n) is 3.20. The average Bonchev–Trinajstić information content (AvgIpc) is 2.51. The Morgan fingerprint density at radius 1 is 1.00 bits per heavy atom. The first-order valence-corrected chi connectivity index (χ1v) is 6.60. The lowest BCUT2D eigenvalue weighted by atomic mass is 10.2. The van der Waals surface area contributed by atoms with Gasteiger partial charge < -0.3 is 20.7 Å². The van der Waals surface area contributed by atoms with Gasteiger partial charge in [-0.15, -0.1) is 10.2 Å². The summed E-state index contributed by atoms with van der Waals surface area (Å²) < 4.78 is 5.35. The summed E-state index contributed by atoms with van der Waals surface area (Å²) in [5, 5.41) is 11.0. The first-order valence-electron chi connectivity index (χ1n) is 6.60. The number of aromatic nitrogens is 2. The predicted molar refractivity (Wildman–Crippen MR) is 79.2 cm³/mol. The van der Waals surface area contributed by atoms with Gasteiger partial charge in [0.15, 0.2) is 5.82 Å². The second kappa shape index (κ2) is 5.75. The molecular formula is C14H17N5O. The van der Waals surface area contributed by atoms with Crippen LogP contribution in [0.2, 0.25) is 0 Å². The van der Waals surface area contributed by atoms with Crippen molar-refractivity contribution >= 4 is 23.0 Å². The van der Waals surface area contributed by atoms with Crippen molar-refractivity contribution < 1.29 is 4.74 Å². The number of anilines is 4. The molecule has 0 unspecified atom stereocenters. The lowest BCUT2D eigenvalue weighted by Gasteiger charge is -2.28. The van der Waals surface area contributed by atoms with E-state index in [1.165, 1.54) is 5.69 Å². The molecule has 1 aromatic carbocycles. The van der Waals surface area contributed by atoms with Crippen molar-refractivity contribution in [3.8, 4) is 0 Å². The normalized spacial score (nSPS) is 15.1. The number of nitrogens with one attached hydrogen (secondary N) is 1. The van der Waals surface area contributed by atoms with Crippen molar-refractivity contribution in [1.82, 2.24) is 10.2 Å². The average molecular weight is 271 g/mol. The van der Waals surface area contributed by atoms with Crippen molar-refractivity contribution in [2.75, 3.05) is 42.3 Å². The van der Waals surface area contributed by atoms with E-state index in [2.05, 4.69) is 32.5 Å². The van der Waals surface area contributed by atoms with Crippen molar-refractivity contribution in [1.29, 1.82) is 0 Å². The number of nitrogen functional groups attached to an aromatic ring is 1. The molecule has 3 N–H and O–H groups in total. The predicted octanol–water partition coefficient (Wildman–Crippen LogP) is 1.64. The van der Waals surface area contributed by atoms with Gasteiger partial charge in [0, 0.05) is 24.5 Å². The van der Waals surface area contributed by atoms with Crippen LogP contribution in [-0.2, 0) is 4.74 Å². The van der Waals surface area contributed by atoms with Crippen molar-refractivity contribution in [2.45, 2.75) is 0 Å². The molecule has 6 nitrogen and oxygen atoms in total. The lowest BCUT2D eigenvalue weighted by Crippen LogP contribution is -2.36. The van der Waals surface area contributed by atoms with E-state index in [0.717, 1.165) is 32.0 Å². The molecular weight excluding hydrogens is 254 g/mol. The van der Waals surface area contributed by atoms with Gasteiger partial charge in [-0.1, -0.05) is 0 Å². The maximum Gasteiger partial charge on any atom is 0.153 e. The van der Waals surface area contributed by atoms with Crippen molar-refractivity contribution in [3.63, 3.8) is 0 Å².